The van der Waals surface area contributed by atoms with Crippen molar-refractivity contribution in [1.29, 1.82) is 0 Å². The number of hydrogen-bond donors (Lipinski definition) is 1. The molecule has 0 heterocycles. The van der Waals surface area contributed by atoms with Crippen LogP contribution in [0, 0.1) is 0 Å². The van der Waals surface area contributed by atoms with Gasteiger partial charge in [0.15, 0.2) is 57.5 Å². The average Bonchev–Trinajstić information content (AvgIpc) is 0.944. The number of esters is 13. The number of phenols is 1. The lowest BCUT2D eigenvalue weighted by atomic mass is 10.2. The van der Waals surface area contributed by atoms with E-state index in [-0.39, 0.29) is 5.75 Å². The Morgan fingerprint density at radius 1 is 0.207 bits per heavy atom. The van der Waals surface area contributed by atoms with E-state index in [0.29, 0.717) is 0 Å². The molecule has 0 aliphatic heterocycles. The highest BCUT2D eigenvalue weighted by Gasteiger charge is 2.34. The molecule has 0 amide bonds. The predicted molar refractivity (Wildman–Crippen MR) is 281 cm³/mol. The SMILES string of the molecule is CC(=O)Oc1cc(OC(C)=O)c(Oc2cc(OC(C)=O)c(Oc3cc(OC(C)=O)c(OC(C)=O)c(OC(C)=O)c3Oc3cc(OC(C)=O)c(Oc4cc(OC(C)=O)c(OC(C)=O)c(OC(C)=O)c4O)c(OC(C)=O)c3)c(OC(C)=O)c2)c(OC(C)=O)c1. The van der Waals surface area contributed by atoms with Crippen LogP contribution >= 0.6 is 0 Å². The van der Waals surface area contributed by atoms with Crippen LogP contribution in [0.25, 0.3) is 0 Å². The molecule has 0 unspecified atom stereocenters. The summed E-state index contributed by atoms with van der Waals surface area (Å²) in [6.07, 6.45) is 0. The fourth-order valence-electron chi connectivity index (χ4n) is 6.97. The zero-order chi connectivity index (χ0) is 64.9. The minimum atomic E-state index is -1.21. The number of phenolic OH excluding ortho intramolecular Hbond substituents is 1. The highest BCUT2D eigenvalue weighted by molar-refractivity contribution is 5.85. The topological polar surface area (TPSA) is 399 Å². The van der Waals surface area contributed by atoms with Gasteiger partial charge in [0, 0.05) is 139 Å². The van der Waals surface area contributed by atoms with Crippen LogP contribution in [0.1, 0.15) is 90.0 Å². The summed E-state index contributed by atoms with van der Waals surface area (Å²) in [6, 6.07) is 6.93. The number of rotatable bonds is 21. The van der Waals surface area contributed by atoms with E-state index in [9.17, 15) is 67.4 Å². The zero-order valence-electron chi connectivity index (χ0n) is 47.8. The summed E-state index contributed by atoms with van der Waals surface area (Å²) in [5.41, 5.74) is 0. The number of benzene rings is 5. The third-order valence-electron chi connectivity index (χ3n) is 9.38. The van der Waals surface area contributed by atoms with E-state index < -0.39 is 198 Å². The first-order chi connectivity index (χ1) is 40.7. The molecule has 0 saturated carbocycles. The fraction of sp³-hybridized carbons (Fsp3) is 0.232. The van der Waals surface area contributed by atoms with Crippen LogP contribution in [0.15, 0.2) is 48.5 Å². The molecule has 5 aromatic rings. The Balaban J connectivity index is 1.90. The number of hydrogen-bond acceptors (Lipinski definition) is 31. The monoisotopic (exact) mass is 1220 g/mol. The van der Waals surface area contributed by atoms with Crippen LogP contribution in [0.5, 0.6) is 126 Å². The molecule has 0 saturated heterocycles. The van der Waals surface area contributed by atoms with Gasteiger partial charge in [-0.25, -0.2) is 0 Å². The first-order valence-electron chi connectivity index (χ1n) is 24.4. The number of carbonyl (C=O) groups is 13. The lowest BCUT2D eigenvalue weighted by Gasteiger charge is -2.23. The summed E-state index contributed by atoms with van der Waals surface area (Å²) in [5, 5.41) is 11.5. The van der Waals surface area contributed by atoms with E-state index in [1.165, 1.54) is 0 Å². The molecule has 31 heteroatoms. The highest BCUT2D eigenvalue weighted by atomic mass is 16.6. The van der Waals surface area contributed by atoms with Crippen LogP contribution < -0.4 is 80.5 Å². The molecule has 31 nitrogen and oxygen atoms in total. The van der Waals surface area contributed by atoms with E-state index in [4.69, 9.17) is 80.5 Å². The normalized spacial score (nSPS) is 10.3. The largest absolute Gasteiger partial charge is 0.502 e. The molecule has 87 heavy (non-hydrogen) atoms. The van der Waals surface area contributed by atoms with E-state index in [1.807, 2.05) is 0 Å². The van der Waals surface area contributed by atoms with Crippen LogP contribution in [0.2, 0.25) is 0 Å². The second kappa shape index (κ2) is 28.5. The van der Waals surface area contributed by atoms with Gasteiger partial charge in [0.25, 0.3) is 0 Å². The fourth-order valence-corrected chi connectivity index (χ4v) is 6.97. The van der Waals surface area contributed by atoms with Gasteiger partial charge in [-0.1, -0.05) is 0 Å². The molecule has 458 valence electrons. The second-order valence-corrected chi connectivity index (χ2v) is 17.1. The Kier molecular flexibility index (Phi) is 21.6. The minimum Gasteiger partial charge on any atom is -0.502 e. The molecule has 0 aliphatic carbocycles. The molecule has 0 spiro atoms. The summed E-state index contributed by atoms with van der Waals surface area (Å²) < 4.78 is 93.8. The van der Waals surface area contributed by atoms with Gasteiger partial charge < -0.3 is 85.6 Å². The van der Waals surface area contributed by atoms with E-state index in [0.717, 1.165) is 139 Å². The molecule has 0 bridgehead atoms. The summed E-state index contributed by atoms with van der Waals surface area (Å²) in [7, 11) is 0. The molecule has 0 radical (unpaired) electrons. The van der Waals surface area contributed by atoms with Gasteiger partial charge in [-0.2, -0.15) is 0 Å². The van der Waals surface area contributed by atoms with Crippen LogP contribution in [0.4, 0.5) is 0 Å². The van der Waals surface area contributed by atoms with Crippen molar-refractivity contribution in [2.24, 2.45) is 0 Å². The van der Waals surface area contributed by atoms with Crippen molar-refractivity contribution in [3.8, 4) is 126 Å². The lowest BCUT2D eigenvalue weighted by molar-refractivity contribution is -0.135. The molecule has 0 aliphatic rings. The Bertz CT molecular complexity index is 3610. The maximum absolute atomic E-state index is 13.1. The summed E-state index contributed by atoms with van der Waals surface area (Å²) in [6.45, 7) is 11.9. The van der Waals surface area contributed by atoms with E-state index in [2.05, 4.69) is 0 Å². The van der Waals surface area contributed by atoms with Crippen LogP contribution in [-0.4, -0.2) is 82.7 Å². The van der Waals surface area contributed by atoms with Gasteiger partial charge in [0.1, 0.15) is 17.2 Å². The molecule has 1 N–H and O–H groups in total. The van der Waals surface area contributed by atoms with Crippen molar-refractivity contribution < 1.29 is 148 Å². The van der Waals surface area contributed by atoms with Crippen molar-refractivity contribution in [2.75, 3.05) is 0 Å². The third kappa shape index (κ3) is 18.6. The van der Waals surface area contributed by atoms with Gasteiger partial charge in [-0.15, -0.1) is 0 Å². The quantitative estimate of drug-likeness (QED) is 0.0546. The Labute approximate surface area is 489 Å². The molecular weight excluding hydrogens is 1170 g/mol. The standard InChI is InChI=1S/C56H48O31/c1-22(57)71-35-14-39(72-23(2)58)49(40(15-35)73-24(3)59)84-36-16-43(76-27(6)62)51(44(17-36)77-28(7)63)87-47-21-46(79-30(9)65)53(81-32(11)67)56(83-34(13)69)54(47)85-37-18-41(74-25(4)60)50(42(19-37)75-26(5)61)86-38-20-45(78-29(8)64)52(80-31(10)66)55(48(38)70)82-33(12)68/h14-21,70H,1-13H3. The Morgan fingerprint density at radius 3 is 0.736 bits per heavy atom. The second-order valence-electron chi connectivity index (χ2n) is 17.1. The smallest absolute Gasteiger partial charge is 0.308 e. The predicted octanol–water partition coefficient (Wildman–Crippen LogP) is 7.59. The van der Waals surface area contributed by atoms with Gasteiger partial charge in [-0.05, 0) is 0 Å². The highest BCUT2D eigenvalue weighted by Crippen LogP contribution is 2.58. The molecule has 5 aromatic carbocycles. The van der Waals surface area contributed by atoms with Gasteiger partial charge >= 0.3 is 77.6 Å². The average molecular weight is 1220 g/mol. The van der Waals surface area contributed by atoms with Crippen molar-refractivity contribution in [2.45, 2.75) is 90.0 Å². The number of aromatic hydroxyl groups is 1. The Hall–Kier alpha value is -11.8. The minimum absolute atomic E-state index is 0.308. The molecule has 0 fully saturated rings. The van der Waals surface area contributed by atoms with Crippen LogP contribution in [0.3, 0.4) is 0 Å². The zero-order valence-corrected chi connectivity index (χ0v) is 47.8. The van der Waals surface area contributed by atoms with Crippen LogP contribution in [-0.2, 0) is 62.3 Å². The Morgan fingerprint density at radius 2 is 0.425 bits per heavy atom. The molecule has 5 rings (SSSR count). The summed E-state index contributed by atoms with van der Waals surface area (Å²) in [5.74, 6) is -30.7. The van der Waals surface area contributed by atoms with Crippen molar-refractivity contribution in [3.05, 3.63) is 48.5 Å². The van der Waals surface area contributed by atoms with E-state index >= 15 is 0 Å². The first-order valence-corrected chi connectivity index (χ1v) is 24.4. The first kappa shape index (κ1) is 66.0. The van der Waals surface area contributed by atoms with E-state index in [1.54, 1.807) is 0 Å². The number of carbonyl (C=O) groups excluding carboxylic acids is 13. The summed E-state index contributed by atoms with van der Waals surface area (Å²) in [4.78, 5) is 163. The van der Waals surface area contributed by atoms with Gasteiger partial charge in [0.2, 0.25) is 51.7 Å². The van der Waals surface area contributed by atoms with Crippen molar-refractivity contribution in [1.82, 2.24) is 0 Å². The molecular formula is C56H48O31. The van der Waals surface area contributed by atoms with Gasteiger partial charge in [-0.3, -0.25) is 62.3 Å². The lowest BCUT2D eigenvalue weighted by Crippen LogP contribution is -2.12. The summed E-state index contributed by atoms with van der Waals surface area (Å²) >= 11 is 0. The molecule has 0 aromatic heterocycles. The maximum atomic E-state index is 13.1. The van der Waals surface area contributed by atoms with Gasteiger partial charge in [0.05, 0.1) is 0 Å². The van der Waals surface area contributed by atoms with Crippen molar-refractivity contribution >= 4 is 77.6 Å². The molecule has 0 atom stereocenters. The third-order valence-corrected chi connectivity index (χ3v) is 9.38. The number of ether oxygens (including phenoxy) is 17. The van der Waals surface area contributed by atoms with Crippen molar-refractivity contribution in [3.63, 3.8) is 0 Å². The maximum Gasteiger partial charge on any atom is 0.308 e.